The van der Waals surface area contributed by atoms with E-state index in [9.17, 15) is 0 Å². The predicted molar refractivity (Wildman–Crippen MR) is 121 cm³/mol. The lowest BCUT2D eigenvalue weighted by Gasteiger charge is -2.15. The fraction of sp³-hybridized carbons (Fsp3) is 0.154. The van der Waals surface area contributed by atoms with Gasteiger partial charge >= 0.3 is 0 Å². The Morgan fingerprint density at radius 3 is 2.04 bits per heavy atom. The standard InChI is InChI=1S/C26H26N2/c1-18(2)27-26(28-21(5)22-14-7-6-8-15-22)24-17-11-13-20(4)25(24)23-16-10-9-12-19(23)3/h6-17H,1H2,2-5H3. The number of aryl methyl sites for hydroxylation is 2. The van der Waals surface area contributed by atoms with Gasteiger partial charge < -0.3 is 0 Å². The van der Waals surface area contributed by atoms with Gasteiger partial charge in [0.25, 0.3) is 0 Å². The molecule has 28 heavy (non-hydrogen) atoms. The Kier molecular flexibility index (Phi) is 6.00. The van der Waals surface area contributed by atoms with Crippen LogP contribution in [0.3, 0.4) is 0 Å². The molecule has 3 aromatic carbocycles. The van der Waals surface area contributed by atoms with Crippen molar-refractivity contribution in [3.8, 4) is 11.1 Å². The quantitative estimate of drug-likeness (QED) is 0.360. The second-order valence-corrected chi connectivity index (χ2v) is 7.05. The van der Waals surface area contributed by atoms with Gasteiger partial charge in [0, 0.05) is 17.0 Å². The van der Waals surface area contributed by atoms with Gasteiger partial charge in [-0.25, -0.2) is 9.98 Å². The van der Waals surface area contributed by atoms with Gasteiger partial charge in [-0.2, -0.15) is 0 Å². The van der Waals surface area contributed by atoms with Gasteiger partial charge in [-0.15, -0.1) is 0 Å². The minimum absolute atomic E-state index is 0.691. The first-order valence-electron chi connectivity index (χ1n) is 9.48. The molecular formula is C26H26N2. The summed E-state index contributed by atoms with van der Waals surface area (Å²) in [5, 5.41) is 0. The first kappa shape index (κ1) is 19.5. The maximum Gasteiger partial charge on any atom is 0.160 e. The Morgan fingerprint density at radius 1 is 0.714 bits per heavy atom. The molecule has 0 aliphatic carbocycles. The van der Waals surface area contributed by atoms with E-state index >= 15 is 0 Å². The summed E-state index contributed by atoms with van der Waals surface area (Å²) in [6.45, 7) is 12.2. The van der Waals surface area contributed by atoms with Gasteiger partial charge in [0.1, 0.15) is 0 Å². The van der Waals surface area contributed by atoms with E-state index in [1.54, 1.807) is 0 Å². The van der Waals surface area contributed by atoms with E-state index in [-0.39, 0.29) is 0 Å². The first-order valence-corrected chi connectivity index (χ1v) is 9.48. The molecule has 0 aromatic heterocycles. The molecule has 0 atom stereocenters. The molecule has 2 nitrogen and oxygen atoms in total. The molecular weight excluding hydrogens is 340 g/mol. The van der Waals surface area contributed by atoms with Gasteiger partial charge in [-0.05, 0) is 55.5 Å². The molecule has 0 aliphatic rings. The Balaban J connectivity index is 2.22. The van der Waals surface area contributed by atoms with E-state index in [4.69, 9.17) is 9.98 Å². The van der Waals surface area contributed by atoms with Crippen LogP contribution in [0.15, 0.2) is 95.1 Å². The first-order chi connectivity index (χ1) is 13.5. The number of hydrogen-bond acceptors (Lipinski definition) is 1. The third kappa shape index (κ3) is 4.34. The van der Waals surface area contributed by atoms with E-state index < -0.39 is 0 Å². The average molecular weight is 367 g/mol. The van der Waals surface area contributed by atoms with Crippen LogP contribution in [0, 0.1) is 13.8 Å². The zero-order valence-corrected chi connectivity index (χ0v) is 17.0. The maximum atomic E-state index is 4.92. The monoisotopic (exact) mass is 366 g/mol. The van der Waals surface area contributed by atoms with Gasteiger partial charge in [0.05, 0.1) is 0 Å². The molecule has 2 heteroatoms. The molecule has 0 heterocycles. The van der Waals surface area contributed by atoms with Crippen molar-refractivity contribution in [2.75, 3.05) is 0 Å². The van der Waals surface area contributed by atoms with Crippen molar-refractivity contribution in [3.63, 3.8) is 0 Å². The Labute approximate surface area is 168 Å². The summed E-state index contributed by atoms with van der Waals surface area (Å²) in [5.74, 6) is 0.691. The molecule has 0 radical (unpaired) electrons. The Bertz CT molecular complexity index is 1060. The zero-order chi connectivity index (χ0) is 20.1. The molecule has 0 spiro atoms. The second kappa shape index (κ2) is 8.62. The normalized spacial score (nSPS) is 12.1. The fourth-order valence-corrected chi connectivity index (χ4v) is 3.29. The molecule has 0 aliphatic heterocycles. The number of hydrogen-bond donors (Lipinski definition) is 0. The summed E-state index contributed by atoms with van der Waals surface area (Å²) < 4.78 is 0. The molecule has 3 rings (SSSR count). The highest BCUT2D eigenvalue weighted by molar-refractivity contribution is 6.14. The summed E-state index contributed by atoms with van der Waals surface area (Å²) in [6, 6.07) is 24.9. The Morgan fingerprint density at radius 2 is 1.36 bits per heavy atom. The smallest absolute Gasteiger partial charge is 0.160 e. The molecule has 0 saturated heterocycles. The lowest BCUT2D eigenvalue weighted by Crippen LogP contribution is -2.07. The summed E-state index contributed by atoms with van der Waals surface area (Å²) in [7, 11) is 0. The van der Waals surface area contributed by atoms with Crippen molar-refractivity contribution in [2.45, 2.75) is 27.7 Å². The summed E-state index contributed by atoms with van der Waals surface area (Å²) >= 11 is 0. The van der Waals surface area contributed by atoms with Crippen LogP contribution < -0.4 is 0 Å². The van der Waals surface area contributed by atoms with Crippen LogP contribution in [0.1, 0.15) is 36.1 Å². The summed E-state index contributed by atoms with van der Waals surface area (Å²) in [5.41, 5.74) is 8.58. The molecule has 0 amide bonds. The molecule has 3 aromatic rings. The fourth-order valence-electron chi connectivity index (χ4n) is 3.29. The van der Waals surface area contributed by atoms with Gasteiger partial charge in [-0.1, -0.05) is 79.4 Å². The minimum Gasteiger partial charge on any atom is -0.234 e. The molecule has 0 saturated carbocycles. The van der Waals surface area contributed by atoms with Crippen molar-refractivity contribution in [1.29, 1.82) is 0 Å². The number of rotatable bonds is 4. The van der Waals surface area contributed by atoms with Crippen molar-refractivity contribution >= 4 is 11.5 Å². The maximum absolute atomic E-state index is 4.92. The van der Waals surface area contributed by atoms with Crippen LogP contribution in [-0.2, 0) is 0 Å². The van der Waals surface area contributed by atoms with Crippen LogP contribution in [0.5, 0.6) is 0 Å². The lowest BCUT2D eigenvalue weighted by molar-refractivity contribution is 1.29. The third-order valence-electron chi connectivity index (χ3n) is 4.69. The predicted octanol–water partition coefficient (Wildman–Crippen LogP) is 6.76. The van der Waals surface area contributed by atoms with Crippen molar-refractivity contribution in [3.05, 3.63) is 107 Å². The molecule has 0 fully saturated rings. The van der Waals surface area contributed by atoms with Crippen LogP contribution in [0.25, 0.3) is 11.1 Å². The van der Waals surface area contributed by atoms with E-state index in [2.05, 4.69) is 75.0 Å². The van der Waals surface area contributed by atoms with Crippen LogP contribution in [-0.4, -0.2) is 11.5 Å². The number of benzene rings is 3. The van der Waals surface area contributed by atoms with E-state index in [0.29, 0.717) is 5.84 Å². The van der Waals surface area contributed by atoms with Gasteiger partial charge in [0.15, 0.2) is 5.84 Å². The van der Waals surface area contributed by atoms with Crippen molar-refractivity contribution in [1.82, 2.24) is 0 Å². The lowest BCUT2D eigenvalue weighted by atomic mass is 9.91. The number of aliphatic imine (C=N–C) groups is 2. The summed E-state index contributed by atoms with van der Waals surface area (Å²) in [4.78, 5) is 9.62. The highest BCUT2D eigenvalue weighted by atomic mass is 14.9. The van der Waals surface area contributed by atoms with E-state index in [1.165, 1.54) is 22.3 Å². The van der Waals surface area contributed by atoms with Gasteiger partial charge in [-0.3, -0.25) is 0 Å². The molecule has 0 unspecified atom stereocenters. The van der Waals surface area contributed by atoms with Crippen LogP contribution >= 0.6 is 0 Å². The topological polar surface area (TPSA) is 24.7 Å². The average Bonchev–Trinajstić information content (AvgIpc) is 2.68. The number of allylic oxidation sites excluding steroid dienone is 1. The molecule has 0 N–H and O–H groups in total. The minimum atomic E-state index is 0.691. The molecule has 140 valence electrons. The number of amidine groups is 1. The van der Waals surface area contributed by atoms with E-state index in [0.717, 1.165) is 22.5 Å². The van der Waals surface area contributed by atoms with Crippen molar-refractivity contribution < 1.29 is 0 Å². The van der Waals surface area contributed by atoms with Gasteiger partial charge in [0.2, 0.25) is 0 Å². The molecule has 0 bridgehead atoms. The zero-order valence-electron chi connectivity index (χ0n) is 17.0. The van der Waals surface area contributed by atoms with Crippen molar-refractivity contribution in [2.24, 2.45) is 9.98 Å². The van der Waals surface area contributed by atoms with E-state index in [1.807, 2.05) is 32.0 Å². The second-order valence-electron chi connectivity index (χ2n) is 7.05. The summed E-state index contributed by atoms with van der Waals surface area (Å²) in [6.07, 6.45) is 0. The highest BCUT2D eigenvalue weighted by Crippen LogP contribution is 2.31. The Hall–Kier alpha value is -3.26. The van der Waals surface area contributed by atoms with Crippen LogP contribution in [0.4, 0.5) is 0 Å². The largest absolute Gasteiger partial charge is 0.234 e. The highest BCUT2D eigenvalue weighted by Gasteiger charge is 2.15. The SMILES string of the molecule is C=C(C)N=C(N=C(C)c1ccccc1)c1cccc(C)c1-c1ccccc1C. The third-order valence-corrected chi connectivity index (χ3v) is 4.69. The van der Waals surface area contributed by atoms with Crippen LogP contribution in [0.2, 0.25) is 0 Å². The number of nitrogens with zero attached hydrogens (tertiary/aromatic N) is 2.